The van der Waals surface area contributed by atoms with Gasteiger partial charge < -0.3 is 0 Å². The maximum Gasteiger partial charge on any atom is 0.245 e. The fourth-order valence-corrected chi connectivity index (χ4v) is 2.25. The molecular weight excluding hydrogens is 268 g/mol. The summed E-state index contributed by atoms with van der Waals surface area (Å²) in [6.45, 7) is 0. The third-order valence-corrected chi connectivity index (χ3v) is 3.43. The number of halogens is 1. The molecule has 0 saturated carbocycles. The van der Waals surface area contributed by atoms with Crippen molar-refractivity contribution in [3.05, 3.63) is 57.2 Å². The lowest BCUT2D eigenvalue weighted by Gasteiger charge is -1.98. The standard InChI is InChI=1S/C13H11ClN2OS/c14-12-6-2-1-4-10(12)9-15-16-13(17)8-11-5-3-7-18-11/h1-7,9H,8H2,(H,16,17)/b15-9+. The van der Waals surface area contributed by atoms with Crippen LogP contribution in [0.2, 0.25) is 5.02 Å². The van der Waals surface area contributed by atoms with Crippen LogP contribution in [0.15, 0.2) is 46.9 Å². The molecule has 1 heterocycles. The van der Waals surface area contributed by atoms with E-state index in [1.807, 2.05) is 35.7 Å². The molecule has 1 aromatic heterocycles. The van der Waals surface area contributed by atoms with Gasteiger partial charge in [0.25, 0.3) is 0 Å². The summed E-state index contributed by atoms with van der Waals surface area (Å²) in [5.41, 5.74) is 3.25. The fraction of sp³-hybridized carbons (Fsp3) is 0.0769. The molecule has 92 valence electrons. The maximum absolute atomic E-state index is 11.5. The number of nitrogens with zero attached hydrogens (tertiary/aromatic N) is 1. The van der Waals surface area contributed by atoms with E-state index in [0.29, 0.717) is 11.4 Å². The van der Waals surface area contributed by atoms with Gasteiger partial charge in [0.05, 0.1) is 12.6 Å². The molecule has 1 aromatic carbocycles. The van der Waals surface area contributed by atoms with E-state index in [1.165, 1.54) is 6.21 Å². The lowest BCUT2D eigenvalue weighted by molar-refractivity contribution is -0.120. The van der Waals surface area contributed by atoms with Crippen molar-refractivity contribution in [1.82, 2.24) is 5.43 Å². The number of rotatable bonds is 4. The van der Waals surface area contributed by atoms with E-state index in [0.717, 1.165) is 10.4 Å². The third kappa shape index (κ3) is 3.68. The van der Waals surface area contributed by atoms with Gasteiger partial charge in [0.15, 0.2) is 0 Å². The van der Waals surface area contributed by atoms with Gasteiger partial charge in [0, 0.05) is 15.5 Å². The zero-order chi connectivity index (χ0) is 12.8. The molecule has 1 amide bonds. The first-order valence-electron chi connectivity index (χ1n) is 5.34. The molecule has 18 heavy (non-hydrogen) atoms. The van der Waals surface area contributed by atoms with Crippen LogP contribution in [0.3, 0.4) is 0 Å². The molecule has 5 heteroatoms. The Morgan fingerprint density at radius 1 is 1.33 bits per heavy atom. The number of nitrogens with one attached hydrogen (secondary N) is 1. The Balaban J connectivity index is 1.88. The minimum absolute atomic E-state index is 0.138. The van der Waals surface area contributed by atoms with Gasteiger partial charge in [-0.05, 0) is 17.5 Å². The Kier molecular flexibility index (Phi) is 4.50. The van der Waals surface area contributed by atoms with Gasteiger partial charge >= 0.3 is 0 Å². The number of carbonyl (C=O) groups excluding carboxylic acids is 1. The van der Waals surface area contributed by atoms with Crippen molar-refractivity contribution in [1.29, 1.82) is 0 Å². The Morgan fingerprint density at radius 3 is 2.89 bits per heavy atom. The normalized spacial score (nSPS) is 10.7. The molecule has 0 atom stereocenters. The first-order chi connectivity index (χ1) is 8.75. The summed E-state index contributed by atoms with van der Waals surface area (Å²) in [4.78, 5) is 12.5. The van der Waals surface area contributed by atoms with Crippen LogP contribution < -0.4 is 5.43 Å². The summed E-state index contributed by atoms with van der Waals surface area (Å²) in [5, 5.41) is 6.42. The van der Waals surface area contributed by atoms with Gasteiger partial charge in [-0.2, -0.15) is 5.10 Å². The van der Waals surface area contributed by atoms with E-state index in [1.54, 1.807) is 17.4 Å². The molecule has 0 unspecified atom stereocenters. The third-order valence-electron chi connectivity index (χ3n) is 2.21. The summed E-state index contributed by atoms with van der Waals surface area (Å²) in [6, 6.07) is 11.1. The Hall–Kier alpha value is -1.65. The van der Waals surface area contributed by atoms with Crippen molar-refractivity contribution < 1.29 is 4.79 Å². The van der Waals surface area contributed by atoms with E-state index in [4.69, 9.17) is 11.6 Å². The van der Waals surface area contributed by atoms with E-state index in [2.05, 4.69) is 10.5 Å². The van der Waals surface area contributed by atoms with E-state index in [-0.39, 0.29) is 5.91 Å². The minimum Gasteiger partial charge on any atom is -0.273 e. The molecule has 3 nitrogen and oxygen atoms in total. The summed E-state index contributed by atoms with van der Waals surface area (Å²) < 4.78 is 0. The summed E-state index contributed by atoms with van der Waals surface area (Å²) in [6.07, 6.45) is 1.88. The lowest BCUT2D eigenvalue weighted by atomic mass is 10.2. The lowest BCUT2D eigenvalue weighted by Crippen LogP contribution is -2.19. The average molecular weight is 279 g/mol. The van der Waals surface area contributed by atoms with Crippen molar-refractivity contribution >= 4 is 35.1 Å². The van der Waals surface area contributed by atoms with Gasteiger partial charge in [-0.1, -0.05) is 35.9 Å². The molecule has 1 N–H and O–H groups in total. The first kappa shape index (κ1) is 12.8. The molecule has 0 fully saturated rings. The Morgan fingerprint density at radius 2 is 2.17 bits per heavy atom. The van der Waals surface area contributed by atoms with Crippen molar-refractivity contribution in [3.8, 4) is 0 Å². The number of amides is 1. The monoisotopic (exact) mass is 278 g/mol. The van der Waals surface area contributed by atoms with Gasteiger partial charge in [-0.15, -0.1) is 11.3 Å². The molecule has 0 bridgehead atoms. The number of hydrogen-bond acceptors (Lipinski definition) is 3. The number of hydrazone groups is 1. The highest BCUT2D eigenvalue weighted by molar-refractivity contribution is 7.10. The second-order valence-electron chi connectivity index (χ2n) is 3.57. The number of benzene rings is 1. The molecule has 2 rings (SSSR count). The van der Waals surface area contributed by atoms with Crippen LogP contribution in [0.25, 0.3) is 0 Å². The van der Waals surface area contributed by atoms with Gasteiger partial charge in [0.1, 0.15) is 0 Å². The smallest absolute Gasteiger partial charge is 0.245 e. The van der Waals surface area contributed by atoms with E-state index >= 15 is 0 Å². The molecule has 0 radical (unpaired) electrons. The maximum atomic E-state index is 11.5. The van der Waals surface area contributed by atoms with Crippen molar-refractivity contribution in [3.63, 3.8) is 0 Å². The minimum atomic E-state index is -0.138. The summed E-state index contributed by atoms with van der Waals surface area (Å²) in [5.74, 6) is -0.138. The van der Waals surface area contributed by atoms with Crippen LogP contribution in [0.4, 0.5) is 0 Å². The molecule has 0 spiro atoms. The summed E-state index contributed by atoms with van der Waals surface area (Å²) in [7, 11) is 0. The first-order valence-corrected chi connectivity index (χ1v) is 6.60. The quantitative estimate of drug-likeness (QED) is 0.678. The Labute approximate surface area is 114 Å². The van der Waals surface area contributed by atoms with Crippen molar-refractivity contribution in [2.24, 2.45) is 5.10 Å². The highest BCUT2D eigenvalue weighted by Crippen LogP contribution is 2.12. The van der Waals surface area contributed by atoms with Gasteiger partial charge in [-0.25, -0.2) is 5.43 Å². The predicted octanol–water partition coefficient (Wildman–Crippen LogP) is 3.09. The van der Waals surface area contributed by atoms with Crippen molar-refractivity contribution in [2.75, 3.05) is 0 Å². The van der Waals surface area contributed by atoms with Crippen LogP contribution in [0.5, 0.6) is 0 Å². The van der Waals surface area contributed by atoms with E-state index < -0.39 is 0 Å². The van der Waals surface area contributed by atoms with Crippen LogP contribution in [-0.4, -0.2) is 12.1 Å². The van der Waals surface area contributed by atoms with Crippen LogP contribution >= 0.6 is 22.9 Å². The highest BCUT2D eigenvalue weighted by atomic mass is 35.5. The topological polar surface area (TPSA) is 41.5 Å². The Bertz CT molecular complexity index is 552. The molecule has 0 aliphatic carbocycles. The van der Waals surface area contributed by atoms with Crippen LogP contribution in [-0.2, 0) is 11.2 Å². The number of hydrogen-bond donors (Lipinski definition) is 1. The number of thiophene rings is 1. The van der Waals surface area contributed by atoms with Gasteiger partial charge in [-0.3, -0.25) is 4.79 Å². The molecule has 0 aliphatic rings. The van der Waals surface area contributed by atoms with Crippen molar-refractivity contribution in [2.45, 2.75) is 6.42 Å². The number of carbonyl (C=O) groups is 1. The van der Waals surface area contributed by atoms with Crippen LogP contribution in [0.1, 0.15) is 10.4 Å². The fourth-order valence-electron chi connectivity index (χ4n) is 1.36. The second-order valence-corrected chi connectivity index (χ2v) is 5.01. The second kappa shape index (κ2) is 6.33. The molecule has 0 aliphatic heterocycles. The molecule has 0 saturated heterocycles. The molecule has 2 aromatic rings. The van der Waals surface area contributed by atoms with E-state index in [9.17, 15) is 4.79 Å². The zero-order valence-corrected chi connectivity index (χ0v) is 11.0. The molecular formula is C13H11ClN2OS. The zero-order valence-electron chi connectivity index (χ0n) is 9.47. The SMILES string of the molecule is O=C(Cc1cccs1)N/N=C/c1ccccc1Cl. The largest absolute Gasteiger partial charge is 0.273 e. The van der Waals surface area contributed by atoms with Crippen LogP contribution in [0, 0.1) is 0 Å². The highest BCUT2D eigenvalue weighted by Gasteiger charge is 2.02. The average Bonchev–Trinajstić information content (AvgIpc) is 2.84. The van der Waals surface area contributed by atoms with Gasteiger partial charge in [0.2, 0.25) is 5.91 Å². The summed E-state index contributed by atoms with van der Waals surface area (Å²) >= 11 is 7.50. The predicted molar refractivity (Wildman–Crippen MR) is 75.2 cm³/mol.